The molecular weight excluding hydrogens is 438 g/mol. The van der Waals surface area contributed by atoms with Crippen LogP contribution in [0.4, 0.5) is 0 Å². The van der Waals surface area contributed by atoms with Crippen molar-refractivity contribution in [2.75, 3.05) is 13.2 Å². The van der Waals surface area contributed by atoms with Gasteiger partial charge in [0.15, 0.2) is 0 Å². The van der Waals surface area contributed by atoms with Gasteiger partial charge in [0.25, 0.3) is 10.1 Å². The summed E-state index contributed by atoms with van der Waals surface area (Å²) in [5, 5.41) is 2.19. The van der Waals surface area contributed by atoms with Crippen molar-refractivity contribution in [3.63, 3.8) is 0 Å². The highest BCUT2D eigenvalue weighted by Crippen LogP contribution is 2.32. The molecule has 0 aromatic heterocycles. The summed E-state index contributed by atoms with van der Waals surface area (Å²) in [5.74, 6) is -1.36. The number of carbonyl (C=O) groups is 3. The number of nitrogens with one attached hydrogen (secondary N) is 1. The molecule has 32 heavy (non-hydrogen) atoms. The molecule has 1 unspecified atom stereocenters. The molecule has 0 radical (unpaired) electrons. The van der Waals surface area contributed by atoms with Gasteiger partial charge in [0.1, 0.15) is 25.4 Å². The van der Waals surface area contributed by atoms with Crippen LogP contribution in [0.25, 0.3) is 0 Å². The smallest absolute Gasteiger partial charge is 0.325 e. The van der Waals surface area contributed by atoms with Crippen LogP contribution in [-0.2, 0) is 38.2 Å². The number of cyclic esters (lactones) is 1. The van der Waals surface area contributed by atoms with Gasteiger partial charge in [0.2, 0.25) is 6.41 Å². The maximum Gasteiger partial charge on any atom is 0.325 e. The lowest BCUT2D eigenvalue weighted by Gasteiger charge is -2.37. The second-order valence-corrected chi connectivity index (χ2v) is 9.44. The summed E-state index contributed by atoms with van der Waals surface area (Å²) in [6, 6.07) is 6.16. The van der Waals surface area contributed by atoms with Crippen molar-refractivity contribution in [3.8, 4) is 0 Å². The molecule has 3 atom stereocenters. The zero-order chi connectivity index (χ0) is 23.6. The van der Waals surface area contributed by atoms with Gasteiger partial charge < -0.3 is 14.8 Å². The largest absolute Gasteiger partial charge is 0.461 e. The van der Waals surface area contributed by atoms with Crippen LogP contribution < -0.4 is 5.32 Å². The van der Waals surface area contributed by atoms with Crippen LogP contribution in [0.15, 0.2) is 29.2 Å². The molecule has 1 aromatic carbocycles. The molecular formula is C22H31NO8S. The Labute approximate surface area is 188 Å². The van der Waals surface area contributed by atoms with E-state index < -0.39 is 34.9 Å². The van der Waals surface area contributed by atoms with Gasteiger partial charge in [-0.05, 0) is 25.5 Å². The van der Waals surface area contributed by atoms with Crippen molar-refractivity contribution < 1.29 is 36.5 Å². The van der Waals surface area contributed by atoms with E-state index in [0.29, 0.717) is 12.8 Å². The van der Waals surface area contributed by atoms with Crippen LogP contribution in [0.3, 0.4) is 0 Å². The zero-order valence-corrected chi connectivity index (χ0v) is 19.3. The van der Waals surface area contributed by atoms with Crippen molar-refractivity contribution in [2.45, 2.75) is 69.5 Å². The third kappa shape index (κ3) is 7.90. The molecule has 1 heterocycles. The number of rotatable bonds is 15. The molecule has 0 spiro atoms. The number of hydrogen-bond acceptors (Lipinski definition) is 8. The van der Waals surface area contributed by atoms with Crippen LogP contribution >= 0.6 is 0 Å². The summed E-state index contributed by atoms with van der Waals surface area (Å²) in [7, 11) is -4.06. The first kappa shape index (κ1) is 25.8. The molecule has 0 aliphatic carbocycles. The lowest BCUT2D eigenvalue weighted by atomic mass is 9.87. The third-order valence-corrected chi connectivity index (χ3v) is 6.53. The maximum atomic E-state index is 12.5. The summed E-state index contributed by atoms with van der Waals surface area (Å²) in [5.41, 5.74) is 0.898. The van der Waals surface area contributed by atoms with Crippen LogP contribution in [0, 0.1) is 12.8 Å². The minimum atomic E-state index is -4.06. The number of esters is 2. The quantitative estimate of drug-likeness (QED) is 0.179. The number of ether oxygens (including phenoxy) is 2. The molecule has 178 valence electrons. The molecule has 1 aliphatic rings. The Morgan fingerprint density at radius 3 is 2.56 bits per heavy atom. The van der Waals surface area contributed by atoms with Crippen molar-refractivity contribution in [3.05, 3.63) is 29.8 Å². The van der Waals surface area contributed by atoms with Gasteiger partial charge in [0.05, 0.1) is 10.8 Å². The Kier molecular flexibility index (Phi) is 10.1. The zero-order valence-electron chi connectivity index (χ0n) is 18.4. The van der Waals surface area contributed by atoms with Crippen LogP contribution in [0.2, 0.25) is 0 Å². The Bertz CT molecular complexity index is 868. The number of aryl methyl sites for hydroxylation is 1. The second kappa shape index (κ2) is 12.5. The molecule has 9 nitrogen and oxygen atoms in total. The fraction of sp³-hybridized carbons (Fsp3) is 0.591. The molecule has 1 aromatic rings. The lowest BCUT2D eigenvalue weighted by molar-refractivity contribution is -0.190. The van der Waals surface area contributed by atoms with Crippen LogP contribution in [0.5, 0.6) is 0 Å². The Morgan fingerprint density at radius 1 is 1.22 bits per heavy atom. The predicted octanol–water partition coefficient (Wildman–Crippen LogP) is 2.26. The predicted molar refractivity (Wildman–Crippen MR) is 115 cm³/mol. The first-order valence-corrected chi connectivity index (χ1v) is 12.2. The minimum Gasteiger partial charge on any atom is -0.461 e. The minimum absolute atomic E-state index is 0.0142. The highest BCUT2D eigenvalue weighted by atomic mass is 32.2. The fourth-order valence-corrected chi connectivity index (χ4v) is 4.34. The van der Waals surface area contributed by atoms with Gasteiger partial charge >= 0.3 is 11.9 Å². The average molecular weight is 470 g/mol. The highest BCUT2D eigenvalue weighted by molar-refractivity contribution is 7.86. The highest BCUT2D eigenvalue weighted by Gasteiger charge is 2.43. The maximum absolute atomic E-state index is 12.5. The van der Waals surface area contributed by atoms with E-state index in [2.05, 4.69) is 12.2 Å². The summed E-state index contributed by atoms with van der Waals surface area (Å²) in [6.45, 7) is 3.14. The SMILES string of the molecule is CCCCCC[C@@H]1C(=O)O[C@H]1CC(COS(=O)(=O)c1ccc(C)cc1)OC(=O)CNC=O. The first-order chi connectivity index (χ1) is 15.3. The number of carbonyl (C=O) groups excluding carboxylic acids is 3. The van der Waals surface area contributed by atoms with Gasteiger partial charge in [-0.15, -0.1) is 0 Å². The van der Waals surface area contributed by atoms with Crippen molar-refractivity contribution in [2.24, 2.45) is 5.92 Å². The topological polar surface area (TPSA) is 125 Å². The van der Waals surface area contributed by atoms with E-state index in [-0.39, 0.29) is 29.7 Å². The van der Waals surface area contributed by atoms with E-state index in [1.807, 2.05) is 6.92 Å². The third-order valence-electron chi connectivity index (χ3n) is 5.23. The summed E-state index contributed by atoms with van der Waals surface area (Å²) < 4.78 is 40.6. The van der Waals surface area contributed by atoms with Crippen molar-refractivity contribution in [1.82, 2.24) is 5.32 Å². The molecule has 10 heteroatoms. The fourth-order valence-electron chi connectivity index (χ4n) is 3.41. The van der Waals surface area contributed by atoms with Gasteiger partial charge in [0, 0.05) is 6.42 Å². The molecule has 2 rings (SSSR count). The Morgan fingerprint density at radius 2 is 1.94 bits per heavy atom. The molecule has 1 saturated heterocycles. The monoisotopic (exact) mass is 469 g/mol. The molecule has 1 aliphatic heterocycles. The van der Waals surface area contributed by atoms with Crippen molar-refractivity contribution in [1.29, 1.82) is 0 Å². The van der Waals surface area contributed by atoms with E-state index in [4.69, 9.17) is 13.7 Å². The average Bonchev–Trinajstić information content (AvgIpc) is 2.75. The summed E-state index contributed by atoms with van der Waals surface area (Å²) in [6.07, 6.45) is 3.75. The van der Waals surface area contributed by atoms with Gasteiger partial charge in [-0.2, -0.15) is 8.42 Å². The molecule has 1 fully saturated rings. The Balaban J connectivity index is 2.00. The van der Waals surface area contributed by atoms with E-state index in [0.717, 1.165) is 31.2 Å². The summed E-state index contributed by atoms with van der Waals surface area (Å²) >= 11 is 0. The molecule has 1 N–H and O–H groups in total. The van der Waals surface area contributed by atoms with E-state index in [1.54, 1.807) is 12.1 Å². The van der Waals surface area contributed by atoms with Gasteiger partial charge in [-0.1, -0.05) is 50.3 Å². The standard InChI is InChI=1S/C22H31NO8S/c1-3-4-5-6-7-19-20(31-22(19)26)12-17(30-21(25)13-23-15-24)14-29-32(27,28)18-10-8-16(2)9-11-18/h8-11,15,17,19-20H,3-7,12-14H2,1-2H3,(H,23,24)/t17?,19-,20-/m0/s1. The normalized spacial score (nSPS) is 18.9. The van der Waals surface area contributed by atoms with Crippen molar-refractivity contribution >= 4 is 28.5 Å². The molecule has 1 amide bonds. The first-order valence-electron chi connectivity index (χ1n) is 10.8. The Hall–Kier alpha value is -2.46. The number of amides is 1. The van der Waals surface area contributed by atoms with E-state index in [9.17, 15) is 22.8 Å². The van der Waals surface area contributed by atoms with Crippen LogP contribution in [0.1, 0.15) is 51.0 Å². The van der Waals surface area contributed by atoms with Crippen LogP contribution in [-0.4, -0.2) is 52.1 Å². The van der Waals surface area contributed by atoms with Gasteiger partial charge in [-0.3, -0.25) is 18.6 Å². The second-order valence-electron chi connectivity index (χ2n) is 7.83. The lowest BCUT2D eigenvalue weighted by Crippen LogP contribution is -2.48. The summed E-state index contributed by atoms with van der Waals surface area (Å²) in [4.78, 5) is 34.2. The number of benzene rings is 1. The number of unbranched alkanes of at least 4 members (excludes halogenated alkanes) is 3. The molecule has 0 saturated carbocycles. The van der Waals surface area contributed by atoms with E-state index in [1.165, 1.54) is 12.1 Å². The van der Waals surface area contributed by atoms with Gasteiger partial charge in [-0.25, -0.2) is 0 Å². The molecule has 0 bridgehead atoms. The van der Waals surface area contributed by atoms with E-state index >= 15 is 0 Å². The number of hydrogen-bond donors (Lipinski definition) is 1.